The summed E-state index contributed by atoms with van der Waals surface area (Å²) in [6, 6.07) is 8.43. The number of nitrogens with zero attached hydrogens (tertiary/aromatic N) is 2. The van der Waals surface area contributed by atoms with E-state index >= 15 is 0 Å². The molecular formula is C17H16Cl2FN3O4S. The average molecular weight is 448 g/mol. The van der Waals surface area contributed by atoms with E-state index in [-0.39, 0.29) is 27.0 Å². The van der Waals surface area contributed by atoms with Crippen molar-refractivity contribution in [2.75, 3.05) is 24.2 Å². The lowest BCUT2D eigenvalue weighted by Crippen LogP contribution is -2.39. The highest BCUT2D eigenvalue weighted by atomic mass is 35.5. The molecule has 2 rings (SSSR count). The molecule has 7 nitrogen and oxygen atoms in total. The maximum absolute atomic E-state index is 13.7. The smallest absolute Gasteiger partial charge is 0.260 e. The Morgan fingerprint density at radius 3 is 2.64 bits per heavy atom. The number of halogens is 3. The van der Waals surface area contributed by atoms with Gasteiger partial charge in [0.2, 0.25) is 10.0 Å². The largest absolute Gasteiger partial charge is 0.495 e. The van der Waals surface area contributed by atoms with E-state index < -0.39 is 28.3 Å². The van der Waals surface area contributed by atoms with Gasteiger partial charge in [0.15, 0.2) is 0 Å². The van der Waals surface area contributed by atoms with E-state index in [2.05, 4.69) is 10.5 Å². The number of nitrogens with one attached hydrogen (secondary N) is 1. The van der Waals surface area contributed by atoms with Gasteiger partial charge in [-0.2, -0.15) is 5.10 Å². The molecule has 0 heterocycles. The van der Waals surface area contributed by atoms with Crippen LogP contribution < -0.4 is 14.5 Å². The first-order valence-electron chi connectivity index (χ1n) is 7.70. The number of benzene rings is 2. The predicted octanol–water partition coefficient (Wildman–Crippen LogP) is 3.06. The number of carbonyl (C=O) groups is 1. The molecule has 1 N–H and O–H groups in total. The molecule has 0 saturated heterocycles. The normalized spacial score (nSPS) is 11.5. The Labute approximate surface area is 171 Å². The average Bonchev–Trinajstić information content (AvgIpc) is 2.61. The summed E-state index contributed by atoms with van der Waals surface area (Å²) in [4.78, 5) is 12.2. The van der Waals surface area contributed by atoms with Crippen LogP contribution in [0.25, 0.3) is 0 Å². The summed E-state index contributed by atoms with van der Waals surface area (Å²) < 4.78 is 44.0. The van der Waals surface area contributed by atoms with E-state index in [1.165, 1.54) is 43.5 Å². The third-order valence-corrected chi connectivity index (χ3v) is 5.17. The van der Waals surface area contributed by atoms with Crippen molar-refractivity contribution in [3.8, 4) is 5.75 Å². The van der Waals surface area contributed by atoms with Gasteiger partial charge in [0, 0.05) is 10.6 Å². The van der Waals surface area contributed by atoms with E-state index in [9.17, 15) is 17.6 Å². The van der Waals surface area contributed by atoms with Crippen LogP contribution in [0.1, 0.15) is 5.56 Å². The zero-order valence-electron chi connectivity index (χ0n) is 14.8. The van der Waals surface area contributed by atoms with Crippen LogP contribution in [0, 0.1) is 5.82 Å². The molecular weight excluding hydrogens is 432 g/mol. The highest BCUT2D eigenvalue weighted by Gasteiger charge is 2.24. The van der Waals surface area contributed by atoms with Crippen molar-refractivity contribution in [2.45, 2.75) is 0 Å². The molecule has 150 valence electrons. The SMILES string of the molecule is COc1ccc(Cl)cc1N(CC(=O)N/N=C\c1c(F)cccc1Cl)S(C)(=O)=O. The lowest BCUT2D eigenvalue weighted by atomic mass is 10.2. The molecule has 0 saturated carbocycles. The van der Waals surface area contributed by atoms with Crippen molar-refractivity contribution in [3.05, 3.63) is 57.8 Å². The number of hydrazone groups is 1. The van der Waals surface area contributed by atoms with Gasteiger partial charge < -0.3 is 4.74 Å². The Hall–Kier alpha value is -2.36. The van der Waals surface area contributed by atoms with Gasteiger partial charge in [-0.25, -0.2) is 18.2 Å². The molecule has 0 aliphatic carbocycles. The zero-order chi connectivity index (χ0) is 20.9. The van der Waals surface area contributed by atoms with Crippen molar-refractivity contribution >= 4 is 51.0 Å². The summed E-state index contributed by atoms with van der Waals surface area (Å²) in [5.74, 6) is -1.17. The summed E-state index contributed by atoms with van der Waals surface area (Å²) in [6.07, 6.45) is 1.96. The molecule has 11 heteroatoms. The molecule has 0 aromatic heterocycles. The minimum Gasteiger partial charge on any atom is -0.495 e. The molecule has 0 aliphatic rings. The molecule has 28 heavy (non-hydrogen) atoms. The quantitative estimate of drug-likeness (QED) is 0.521. The van der Waals surface area contributed by atoms with Gasteiger partial charge in [0.1, 0.15) is 18.1 Å². The summed E-state index contributed by atoms with van der Waals surface area (Å²) in [5.41, 5.74) is 2.21. The number of carbonyl (C=O) groups excluding carboxylic acids is 1. The van der Waals surface area contributed by atoms with Crippen LogP contribution in [-0.2, 0) is 14.8 Å². The number of hydrogen-bond acceptors (Lipinski definition) is 5. The summed E-state index contributed by atoms with van der Waals surface area (Å²) >= 11 is 11.8. The fourth-order valence-electron chi connectivity index (χ4n) is 2.21. The van der Waals surface area contributed by atoms with Crippen molar-refractivity contribution < 1.29 is 22.3 Å². The van der Waals surface area contributed by atoms with Crippen LogP contribution in [-0.4, -0.2) is 40.4 Å². The summed E-state index contributed by atoms with van der Waals surface area (Å²) in [6.45, 7) is -0.599. The number of hydrogen-bond donors (Lipinski definition) is 1. The third-order valence-electron chi connectivity index (χ3n) is 3.48. The number of amides is 1. The molecule has 0 fully saturated rings. The number of ether oxygens (including phenoxy) is 1. The first-order chi connectivity index (χ1) is 13.1. The Kier molecular flexibility index (Phi) is 7.22. The summed E-state index contributed by atoms with van der Waals surface area (Å²) in [5, 5.41) is 4.00. The highest BCUT2D eigenvalue weighted by molar-refractivity contribution is 7.92. The van der Waals surface area contributed by atoms with E-state index in [0.29, 0.717) is 0 Å². The molecule has 0 bridgehead atoms. The highest BCUT2D eigenvalue weighted by Crippen LogP contribution is 2.32. The Bertz CT molecular complexity index is 995. The van der Waals surface area contributed by atoms with Gasteiger partial charge in [0.05, 0.1) is 30.3 Å². The monoisotopic (exact) mass is 447 g/mol. The second-order valence-corrected chi connectivity index (χ2v) is 8.26. The third kappa shape index (κ3) is 5.57. The lowest BCUT2D eigenvalue weighted by Gasteiger charge is -2.23. The van der Waals surface area contributed by atoms with Crippen molar-refractivity contribution in [2.24, 2.45) is 5.10 Å². The van der Waals surface area contributed by atoms with Gasteiger partial charge in [-0.3, -0.25) is 9.10 Å². The van der Waals surface area contributed by atoms with Crippen LogP contribution >= 0.6 is 23.2 Å². The first-order valence-corrected chi connectivity index (χ1v) is 10.3. The molecule has 0 atom stereocenters. The minimum absolute atomic E-state index is 0.0130. The van der Waals surface area contributed by atoms with Crippen LogP contribution in [0.15, 0.2) is 41.5 Å². The molecule has 0 aliphatic heterocycles. The van der Waals surface area contributed by atoms with Crippen LogP contribution in [0.2, 0.25) is 10.0 Å². The van der Waals surface area contributed by atoms with Crippen molar-refractivity contribution in [3.63, 3.8) is 0 Å². The first kappa shape index (κ1) is 21.9. The zero-order valence-corrected chi connectivity index (χ0v) is 17.1. The fraction of sp³-hybridized carbons (Fsp3) is 0.176. The summed E-state index contributed by atoms with van der Waals surface area (Å²) in [7, 11) is -2.50. The molecule has 1 amide bonds. The number of sulfonamides is 1. The van der Waals surface area contributed by atoms with Crippen LogP contribution in [0.5, 0.6) is 5.75 Å². The maximum atomic E-state index is 13.7. The topological polar surface area (TPSA) is 88.1 Å². The van der Waals surface area contributed by atoms with E-state index in [4.69, 9.17) is 27.9 Å². The van der Waals surface area contributed by atoms with Gasteiger partial charge in [-0.05, 0) is 30.3 Å². The number of methoxy groups -OCH3 is 1. The van der Waals surface area contributed by atoms with E-state index in [1.54, 1.807) is 0 Å². The number of anilines is 1. The van der Waals surface area contributed by atoms with E-state index in [1.807, 2.05) is 0 Å². The predicted molar refractivity (Wildman–Crippen MR) is 107 cm³/mol. The van der Waals surface area contributed by atoms with E-state index in [0.717, 1.165) is 16.8 Å². The standard InChI is InChI=1S/C17H16Cl2FN3O4S/c1-27-16-7-6-11(18)8-15(16)23(28(2,25)26)10-17(24)22-21-9-12-13(19)4-3-5-14(12)20/h3-9H,10H2,1-2H3,(H,22,24)/b21-9-. The maximum Gasteiger partial charge on any atom is 0.260 e. The van der Waals surface area contributed by atoms with Crippen LogP contribution in [0.3, 0.4) is 0 Å². The fourth-order valence-corrected chi connectivity index (χ4v) is 3.44. The second-order valence-electron chi connectivity index (χ2n) is 5.51. The lowest BCUT2D eigenvalue weighted by molar-refractivity contribution is -0.119. The van der Waals surface area contributed by atoms with Crippen LogP contribution in [0.4, 0.5) is 10.1 Å². The van der Waals surface area contributed by atoms with Gasteiger partial charge >= 0.3 is 0 Å². The molecule has 0 unspecified atom stereocenters. The minimum atomic E-state index is -3.85. The van der Waals surface area contributed by atoms with Gasteiger partial charge in [0.25, 0.3) is 5.91 Å². The van der Waals surface area contributed by atoms with Crippen molar-refractivity contribution in [1.82, 2.24) is 5.43 Å². The molecule has 0 radical (unpaired) electrons. The Balaban J connectivity index is 2.21. The van der Waals surface area contributed by atoms with Gasteiger partial charge in [-0.1, -0.05) is 29.3 Å². The molecule has 2 aromatic rings. The second kappa shape index (κ2) is 9.22. The number of rotatable bonds is 7. The van der Waals surface area contributed by atoms with Crippen molar-refractivity contribution in [1.29, 1.82) is 0 Å². The Morgan fingerprint density at radius 1 is 1.32 bits per heavy atom. The van der Waals surface area contributed by atoms with Gasteiger partial charge in [-0.15, -0.1) is 0 Å². The molecule has 2 aromatic carbocycles. The Morgan fingerprint density at radius 2 is 2.04 bits per heavy atom. The molecule has 0 spiro atoms.